The lowest BCUT2D eigenvalue weighted by molar-refractivity contribution is 0.100. The summed E-state index contributed by atoms with van der Waals surface area (Å²) in [5, 5.41) is 2.19. The van der Waals surface area contributed by atoms with Crippen molar-refractivity contribution in [1.29, 1.82) is 0 Å². The van der Waals surface area contributed by atoms with Crippen LogP contribution in [0.1, 0.15) is 61.2 Å². The molecule has 2 nitrogen and oxygen atoms in total. The Balaban J connectivity index is 1.60. The quantitative estimate of drug-likeness (QED) is 0.749. The highest BCUT2D eigenvalue weighted by atomic mass is 32.1. The highest BCUT2D eigenvalue weighted by Crippen LogP contribution is 2.40. The van der Waals surface area contributed by atoms with E-state index in [4.69, 9.17) is 5.73 Å². The second kappa shape index (κ2) is 7.10. The fourth-order valence-corrected chi connectivity index (χ4v) is 4.52. The molecule has 0 aliphatic heterocycles. The van der Waals surface area contributed by atoms with Crippen LogP contribution >= 0.6 is 11.3 Å². The normalized spacial score (nSPS) is 17.8. The maximum absolute atomic E-state index is 11.3. The van der Waals surface area contributed by atoms with Gasteiger partial charge in [-0.25, -0.2) is 0 Å². The van der Waals surface area contributed by atoms with E-state index < -0.39 is 0 Å². The maximum atomic E-state index is 11.3. The fourth-order valence-electron chi connectivity index (χ4n) is 3.61. The summed E-state index contributed by atoms with van der Waals surface area (Å²) < 4.78 is 0. The van der Waals surface area contributed by atoms with Gasteiger partial charge >= 0.3 is 0 Å². The predicted octanol–water partition coefficient (Wildman–Crippen LogP) is 5.66. The van der Waals surface area contributed by atoms with E-state index in [2.05, 4.69) is 25.3 Å². The van der Waals surface area contributed by atoms with Gasteiger partial charge in [-0.3, -0.25) is 4.79 Å². The Morgan fingerprint density at radius 3 is 2.67 bits per heavy atom. The van der Waals surface area contributed by atoms with Gasteiger partial charge in [-0.05, 0) is 84.6 Å². The number of hydrogen-bond acceptors (Lipinski definition) is 2. The Kier molecular flexibility index (Phi) is 5.09. The molecule has 0 radical (unpaired) electrons. The van der Waals surface area contributed by atoms with Crippen molar-refractivity contribution in [2.75, 3.05) is 0 Å². The molecule has 0 spiro atoms. The Hall–Kier alpha value is -1.61. The molecule has 3 rings (SSSR count). The molecule has 24 heavy (non-hydrogen) atoms. The molecule has 3 heteroatoms. The first-order chi connectivity index (χ1) is 11.4. The van der Waals surface area contributed by atoms with E-state index in [1.54, 1.807) is 6.07 Å². The predicted molar refractivity (Wildman–Crippen MR) is 102 cm³/mol. The van der Waals surface area contributed by atoms with E-state index in [0.29, 0.717) is 11.0 Å². The summed E-state index contributed by atoms with van der Waals surface area (Å²) >= 11 is 1.83. The number of thiophene rings is 1. The van der Waals surface area contributed by atoms with Gasteiger partial charge < -0.3 is 5.73 Å². The molecule has 1 aromatic heterocycles. The zero-order chi connectivity index (χ0) is 17.2. The van der Waals surface area contributed by atoms with Gasteiger partial charge in [0.15, 0.2) is 0 Å². The van der Waals surface area contributed by atoms with Crippen LogP contribution in [0.2, 0.25) is 0 Å². The maximum Gasteiger partial charge on any atom is 0.248 e. The molecule has 2 aromatic rings. The molecule has 1 aliphatic carbocycles. The molecule has 0 unspecified atom stereocenters. The summed E-state index contributed by atoms with van der Waals surface area (Å²) in [7, 11) is 0. The second-order valence-electron chi connectivity index (χ2n) is 7.89. The van der Waals surface area contributed by atoms with Gasteiger partial charge in [0.2, 0.25) is 5.91 Å². The van der Waals surface area contributed by atoms with Crippen molar-refractivity contribution in [2.45, 2.75) is 52.4 Å². The summed E-state index contributed by atoms with van der Waals surface area (Å²) in [4.78, 5) is 12.8. The van der Waals surface area contributed by atoms with Crippen LogP contribution in [0.3, 0.4) is 0 Å². The largest absolute Gasteiger partial charge is 0.366 e. The van der Waals surface area contributed by atoms with Crippen molar-refractivity contribution in [3.63, 3.8) is 0 Å². The standard InChI is InChI=1S/C21H27NOS/c1-21(2)10-8-15(9-11-21)6-7-19-13-18(14-24-19)16-4-3-5-17(12-16)20(22)23/h3-5,12-15H,6-11H2,1-2H3,(H2,22,23). The molecular formula is C21H27NOS. The first-order valence-electron chi connectivity index (χ1n) is 8.91. The third-order valence-corrected chi connectivity index (χ3v) is 6.39. The first kappa shape index (κ1) is 17.2. The van der Waals surface area contributed by atoms with E-state index in [0.717, 1.165) is 11.5 Å². The zero-order valence-corrected chi connectivity index (χ0v) is 15.5. The highest BCUT2D eigenvalue weighted by Gasteiger charge is 2.26. The van der Waals surface area contributed by atoms with E-state index in [-0.39, 0.29) is 5.91 Å². The molecule has 0 saturated heterocycles. The van der Waals surface area contributed by atoms with Crippen molar-refractivity contribution in [2.24, 2.45) is 17.1 Å². The summed E-state index contributed by atoms with van der Waals surface area (Å²) in [5.41, 5.74) is 8.78. The minimum absolute atomic E-state index is 0.368. The molecule has 1 aromatic carbocycles. The molecule has 2 N–H and O–H groups in total. The lowest BCUT2D eigenvalue weighted by Gasteiger charge is -2.34. The number of primary amides is 1. The number of nitrogens with two attached hydrogens (primary N) is 1. The molecule has 128 valence electrons. The van der Waals surface area contributed by atoms with Crippen LogP contribution in [0.25, 0.3) is 11.1 Å². The lowest BCUT2D eigenvalue weighted by Crippen LogP contribution is -2.21. The number of rotatable bonds is 5. The van der Waals surface area contributed by atoms with Gasteiger partial charge in [0.1, 0.15) is 0 Å². The molecule has 0 atom stereocenters. The topological polar surface area (TPSA) is 43.1 Å². The van der Waals surface area contributed by atoms with E-state index in [1.165, 1.54) is 49.0 Å². The van der Waals surface area contributed by atoms with Gasteiger partial charge in [-0.15, -0.1) is 11.3 Å². The minimum atomic E-state index is -0.368. The van der Waals surface area contributed by atoms with E-state index in [1.807, 2.05) is 29.5 Å². The smallest absolute Gasteiger partial charge is 0.248 e. The number of hydrogen-bond donors (Lipinski definition) is 1. The summed E-state index contributed by atoms with van der Waals surface area (Å²) in [5.74, 6) is 0.522. The number of amides is 1. The van der Waals surface area contributed by atoms with E-state index in [9.17, 15) is 4.79 Å². The van der Waals surface area contributed by atoms with Crippen LogP contribution in [0.15, 0.2) is 35.7 Å². The van der Waals surface area contributed by atoms with Crippen molar-refractivity contribution >= 4 is 17.2 Å². The van der Waals surface area contributed by atoms with Gasteiger partial charge in [0.05, 0.1) is 0 Å². The molecule has 1 fully saturated rings. The van der Waals surface area contributed by atoms with Crippen LogP contribution in [0.5, 0.6) is 0 Å². The molecule has 1 heterocycles. The second-order valence-corrected chi connectivity index (χ2v) is 8.89. The van der Waals surface area contributed by atoms with Gasteiger partial charge in [0.25, 0.3) is 0 Å². The number of carbonyl (C=O) groups is 1. The summed E-state index contributed by atoms with van der Waals surface area (Å²) in [6, 6.07) is 9.87. The summed E-state index contributed by atoms with van der Waals surface area (Å²) in [6.45, 7) is 4.80. The first-order valence-corrected chi connectivity index (χ1v) is 9.79. The van der Waals surface area contributed by atoms with Crippen molar-refractivity contribution in [3.05, 3.63) is 46.2 Å². The third-order valence-electron chi connectivity index (χ3n) is 5.39. The lowest BCUT2D eigenvalue weighted by atomic mass is 9.72. The SMILES string of the molecule is CC1(C)CCC(CCc2cc(-c3cccc(C(N)=O)c3)cs2)CC1. The average Bonchev–Trinajstić information content (AvgIpc) is 3.03. The van der Waals surface area contributed by atoms with Gasteiger partial charge in [-0.1, -0.05) is 26.0 Å². The Morgan fingerprint density at radius 1 is 1.21 bits per heavy atom. The van der Waals surface area contributed by atoms with Crippen LogP contribution in [-0.2, 0) is 6.42 Å². The molecular weight excluding hydrogens is 314 g/mol. The number of benzene rings is 1. The fraction of sp³-hybridized carbons (Fsp3) is 0.476. The Labute approximate surface area is 149 Å². The Bertz CT molecular complexity index is 706. The molecule has 1 saturated carbocycles. The average molecular weight is 342 g/mol. The van der Waals surface area contributed by atoms with Crippen LogP contribution < -0.4 is 5.73 Å². The Morgan fingerprint density at radius 2 is 1.96 bits per heavy atom. The van der Waals surface area contributed by atoms with E-state index >= 15 is 0 Å². The van der Waals surface area contributed by atoms with Crippen molar-refractivity contribution in [3.8, 4) is 11.1 Å². The number of carbonyl (C=O) groups excluding carboxylic acids is 1. The zero-order valence-electron chi connectivity index (χ0n) is 14.7. The third kappa shape index (κ3) is 4.27. The van der Waals surface area contributed by atoms with Crippen LogP contribution in [0, 0.1) is 11.3 Å². The van der Waals surface area contributed by atoms with Gasteiger partial charge in [0, 0.05) is 10.4 Å². The van der Waals surface area contributed by atoms with Crippen molar-refractivity contribution < 1.29 is 4.79 Å². The van der Waals surface area contributed by atoms with Gasteiger partial charge in [-0.2, -0.15) is 0 Å². The number of aryl methyl sites for hydroxylation is 1. The molecule has 0 bridgehead atoms. The van der Waals surface area contributed by atoms with Crippen LogP contribution in [0.4, 0.5) is 0 Å². The molecule has 1 aliphatic rings. The van der Waals surface area contributed by atoms with Crippen LogP contribution in [-0.4, -0.2) is 5.91 Å². The monoisotopic (exact) mass is 341 g/mol. The highest BCUT2D eigenvalue weighted by molar-refractivity contribution is 7.10. The van der Waals surface area contributed by atoms with Crippen molar-refractivity contribution in [1.82, 2.24) is 0 Å². The summed E-state index contributed by atoms with van der Waals surface area (Å²) in [6.07, 6.45) is 7.97. The minimum Gasteiger partial charge on any atom is -0.366 e. The molecule has 1 amide bonds.